The van der Waals surface area contributed by atoms with Crippen LogP contribution in [0.2, 0.25) is 0 Å². The fourth-order valence-electron chi connectivity index (χ4n) is 4.66. The zero-order chi connectivity index (χ0) is 20.4. The summed E-state index contributed by atoms with van der Waals surface area (Å²) >= 11 is 0. The molecule has 5 atom stereocenters. The largest absolute Gasteiger partial charge is 0.387 e. The molecular weight excluding hydrogens is 352 g/mol. The number of hydrogen-bond donors (Lipinski definition) is 3. The highest BCUT2D eigenvalue weighted by Crippen LogP contribution is 2.47. The van der Waals surface area contributed by atoms with Gasteiger partial charge in [-0.05, 0) is 23.7 Å². The van der Waals surface area contributed by atoms with Crippen LogP contribution in [0.1, 0.15) is 47.5 Å². The van der Waals surface area contributed by atoms with E-state index in [2.05, 4.69) is 38.3 Å². The van der Waals surface area contributed by atoms with Crippen LogP contribution < -0.4 is 10.6 Å². The van der Waals surface area contributed by atoms with Crippen LogP contribution in [-0.4, -0.2) is 55.5 Å². The highest BCUT2D eigenvalue weighted by Gasteiger charge is 2.51. The lowest BCUT2D eigenvalue weighted by Gasteiger charge is -2.33. The zero-order valence-electron chi connectivity index (χ0n) is 18.2. The number of carbonyl (C=O) groups is 1. The van der Waals surface area contributed by atoms with Crippen molar-refractivity contribution in [3.8, 4) is 0 Å². The van der Waals surface area contributed by atoms with Gasteiger partial charge in [0.25, 0.3) is 0 Å². The molecule has 1 aliphatic carbocycles. The second-order valence-corrected chi connectivity index (χ2v) is 9.16. The molecule has 2 heterocycles. The van der Waals surface area contributed by atoms with Crippen LogP contribution in [0.25, 0.3) is 0 Å². The van der Waals surface area contributed by atoms with Gasteiger partial charge < -0.3 is 20.3 Å². The molecule has 0 aromatic rings. The monoisotopic (exact) mass is 390 g/mol. The summed E-state index contributed by atoms with van der Waals surface area (Å²) in [6, 6.07) is 0.373. The SMILES string of the molecule is CC[C@H](C)C(C)[C@@H]1C(NC(=N)C2=C(NCC3COC3)CCN(C(C)=O)C2)[C@H]1C. The highest BCUT2D eigenvalue weighted by atomic mass is 16.5. The van der Waals surface area contributed by atoms with Crippen molar-refractivity contribution >= 4 is 11.7 Å². The van der Waals surface area contributed by atoms with Crippen molar-refractivity contribution in [2.24, 2.45) is 29.6 Å². The Hall–Kier alpha value is -1.56. The summed E-state index contributed by atoms with van der Waals surface area (Å²) in [5.41, 5.74) is 2.08. The van der Waals surface area contributed by atoms with E-state index in [-0.39, 0.29) is 5.91 Å². The van der Waals surface area contributed by atoms with Gasteiger partial charge in [-0.3, -0.25) is 10.2 Å². The lowest BCUT2D eigenvalue weighted by Crippen LogP contribution is -2.44. The first-order valence-corrected chi connectivity index (χ1v) is 11.0. The number of rotatable bonds is 8. The average Bonchev–Trinajstić information content (AvgIpc) is 3.27. The summed E-state index contributed by atoms with van der Waals surface area (Å²) < 4.78 is 5.27. The van der Waals surface area contributed by atoms with Gasteiger partial charge in [0.1, 0.15) is 5.84 Å². The van der Waals surface area contributed by atoms with Gasteiger partial charge in [-0.25, -0.2) is 0 Å². The van der Waals surface area contributed by atoms with Crippen molar-refractivity contribution in [1.82, 2.24) is 15.5 Å². The van der Waals surface area contributed by atoms with Crippen LogP contribution >= 0.6 is 0 Å². The van der Waals surface area contributed by atoms with Crippen molar-refractivity contribution in [2.45, 2.75) is 53.5 Å². The van der Waals surface area contributed by atoms with Gasteiger partial charge in [-0.15, -0.1) is 0 Å². The third-order valence-electron chi connectivity index (χ3n) is 7.31. The van der Waals surface area contributed by atoms with Gasteiger partial charge in [0.05, 0.1) is 19.8 Å². The maximum atomic E-state index is 11.9. The van der Waals surface area contributed by atoms with Crippen LogP contribution in [0.15, 0.2) is 11.3 Å². The van der Waals surface area contributed by atoms with E-state index in [1.54, 1.807) is 6.92 Å². The third-order valence-corrected chi connectivity index (χ3v) is 7.31. The molecule has 6 nitrogen and oxygen atoms in total. The minimum absolute atomic E-state index is 0.0832. The van der Waals surface area contributed by atoms with E-state index in [1.807, 2.05) is 4.90 Å². The lowest BCUT2D eigenvalue weighted by atomic mass is 9.88. The van der Waals surface area contributed by atoms with E-state index >= 15 is 0 Å². The summed E-state index contributed by atoms with van der Waals surface area (Å²) in [5, 5.41) is 15.8. The molecular formula is C22H38N4O2. The Labute approximate surface area is 170 Å². The van der Waals surface area contributed by atoms with Gasteiger partial charge in [0, 0.05) is 49.7 Å². The molecule has 1 amide bonds. The molecule has 3 N–H and O–H groups in total. The summed E-state index contributed by atoms with van der Waals surface area (Å²) in [6.45, 7) is 14.6. The molecule has 3 aliphatic rings. The standard InChI is InChI=1S/C22H38N4O2/c1-6-13(2)14(3)20-15(4)21(20)25-22(23)18-10-26(16(5)27)8-7-19(18)24-9-17-11-28-12-17/h13-15,17,20-21,24H,6-12H2,1-5H3,(H2,23,25)/t13-,14?,15-,20-,21?/m0/s1. The van der Waals surface area contributed by atoms with Crippen molar-refractivity contribution < 1.29 is 9.53 Å². The van der Waals surface area contributed by atoms with Crippen molar-refractivity contribution in [1.29, 1.82) is 5.41 Å². The molecule has 0 spiro atoms. The van der Waals surface area contributed by atoms with Crippen LogP contribution in [0.5, 0.6) is 0 Å². The number of carbonyl (C=O) groups excluding carboxylic acids is 1. The molecule has 2 fully saturated rings. The zero-order valence-corrected chi connectivity index (χ0v) is 18.2. The minimum atomic E-state index is 0.0832. The van der Waals surface area contributed by atoms with E-state index in [9.17, 15) is 4.79 Å². The molecule has 158 valence electrons. The van der Waals surface area contributed by atoms with Crippen molar-refractivity contribution in [2.75, 3.05) is 32.8 Å². The molecule has 1 saturated carbocycles. The molecule has 28 heavy (non-hydrogen) atoms. The summed E-state index contributed by atoms with van der Waals surface area (Å²) in [6.07, 6.45) is 1.99. The predicted octanol–water partition coefficient (Wildman–Crippen LogP) is 2.61. The number of nitrogens with zero attached hydrogens (tertiary/aromatic N) is 1. The molecule has 0 bridgehead atoms. The molecule has 3 rings (SSSR count). The number of ether oxygens (including phenoxy) is 1. The van der Waals surface area contributed by atoms with E-state index in [0.717, 1.165) is 44.0 Å². The van der Waals surface area contributed by atoms with Gasteiger partial charge in [-0.1, -0.05) is 34.1 Å². The Morgan fingerprint density at radius 1 is 1.36 bits per heavy atom. The van der Waals surface area contributed by atoms with Gasteiger partial charge in [0.15, 0.2) is 0 Å². The van der Waals surface area contributed by atoms with Gasteiger partial charge in [-0.2, -0.15) is 0 Å². The number of amidine groups is 1. The second kappa shape index (κ2) is 8.85. The smallest absolute Gasteiger partial charge is 0.219 e. The molecule has 1 saturated heterocycles. The number of nitrogens with one attached hydrogen (secondary N) is 3. The van der Waals surface area contributed by atoms with E-state index in [0.29, 0.717) is 48.0 Å². The maximum Gasteiger partial charge on any atom is 0.219 e. The van der Waals surface area contributed by atoms with E-state index in [4.69, 9.17) is 10.1 Å². The van der Waals surface area contributed by atoms with Gasteiger partial charge >= 0.3 is 0 Å². The molecule has 0 aromatic heterocycles. The summed E-state index contributed by atoms with van der Waals surface area (Å²) in [7, 11) is 0. The first kappa shape index (κ1) is 21.2. The third kappa shape index (κ3) is 4.53. The highest BCUT2D eigenvalue weighted by molar-refractivity contribution is 5.98. The van der Waals surface area contributed by atoms with Crippen molar-refractivity contribution in [3.63, 3.8) is 0 Å². The average molecular weight is 391 g/mol. The minimum Gasteiger partial charge on any atom is -0.387 e. The lowest BCUT2D eigenvalue weighted by molar-refractivity contribution is -0.128. The molecule has 6 heteroatoms. The van der Waals surface area contributed by atoms with Crippen LogP contribution in [0, 0.1) is 35.0 Å². The van der Waals surface area contributed by atoms with Crippen LogP contribution in [0.3, 0.4) is 0 Å². The maximum absolute atomic E-state index is 11.9. The predicted molar refractivity (Wildman–Crippen MR) is 112 cm³/mol. The van der Waals surface area contributed by atoms with Crippen LogP contribution in [0.4, 0.5) is 0 Å². The Bertz CT molecular complexity index is 628. The first-order chi connectivity index (χ1) is 13.3. The number of amides is 1. The molecule has 2 unspecified atom stereocenters. The second-order valence-electron chi connectivity index (χ2n) is 9.16. The Morgan fingerprint density at radius 2 is 2.07 bits per heavy atom. The summed E-state index contributed by atoms with van der Waals surface area (Å²) in [5.74, 6) is 3.74. The quantitative estimate of drug-likeness (QED) is 0.440. The molecule has 2 aliphatic heterocycles. The Balaban J connectivity index is 1.66. The van der Waals surface area contributed by atoms with E-state index < -0.39 is 0 Å². The molecule has 0 aromatic carbocycles. The fraction of sp³-hybridized carbons (Fsp3) is 0.818. The topological polar surface area (TPSA) is 77.5 Å². The number of hydrogen-bond acceptors (Lipinski definition) is 4. The molecule has 0 radical (unpaired) electrons. The normalized spacial score (nSPS) is 29.8. The van der Waals surface area contributed by atoms with Gasteiger partial charge in [0.2, 0.25) is 5.91 Å². The Kier molecular flexibility index (Phi) is 6.69. The Morgan fingerprint density at radius 3 is 2.64 bits per heavy atom. The first-order valence-electron chi connectivity index (χ1n) is 11.0. The van der Waals surface area contributed by atoms with E-state index in [1.165, 1.54) is 6.42 Å². The van der Waals surface area contributed by atoms with Crippen molar-refractivity contribution in [3.05, 3.63) is 11.3 Å². The van der Waals surface area contributed by atoms with Crippen LogP contribution in [-0.2, 0) is 9.53 Å². The summed E-state index contributed by atoms with van der Waals surface area (Å²) in [4.78, 5) is 13.8. The fourth-order valence-corrected chi connectivity index (χ4v) is 4.66.